The van der Waals surface area contributed by atoms with Crippen molar-refractivity contribution in [1.29, 1.82) is 0 Å². The van der Waals surface area contributed by atoms with Crippen molar-refractivity contribution >= 4 is 17.5 Å². The van der Waals surface area contributed by atoms with Crippen LogP contribution >= 0.6 is 0 Å². The summed E-state index contributed by atoms with van der Waals surface area (Å²) in [6, 6.07) is 8.11. The van der Waals surface area contributed by atoms with E-state index in [1.54, 1.807) is 0 Å². The van der Waals surface area contributed by atoms with Crippen LogP contribution in [0, 0.1) is 18.8 Å². The van der Waals surface area contributed by atoms with Crippen LogP contribution in [0.4, 0.5) is 5.69 Å². The average Bonchev–Trinajstić information content (AvgIpc) is 2.62. The van der Waals surface area contributed by atoms with Crippen molar-refractivity contribution in [2.75, 3.05) is 18.0 Å². The molecule has 0 spiro atoms. The van der Waals surface area contributed by atoms with E-state index in [9.17, 15) is 9.59 Å². The largest absolute Gasteiger partial charge is 0.356 e. The van der Waals surface area contributed by atoms with E-state index < -0.39 is 0 Å². The van der Waals surface area contributed by atoms with E-state index in [2.05, 4.69) is 18.3 Å². The molecule has 2 amide bonds. The maximum atomic E-state index is 13.0. The summed E-state index contributed by atoms with van der Waals surface area (Å²) in [6.45, 7) is 7.64. The lowest BCUT2D eigenvalue weighted by atomic mass is 9.80. The van der Waals surface area contributed by atoms with E-state index in [1.807, 2.05) is 36.9 Å². The van der Waals surface area contributed by atoms with Crippen molar-refractivity contribution in [2.45, 2.75) is 59.3 Å². The van der Waals surface area contributed by atoms with Crippen LogP contribution in [0.2, 0.25) is 0 Å². The number of carbonyl (C=O) groups excluding carboxylic acids is 2. The van der Waals surface area contributed by atoms with Gasteiger partial charge in [0.1, 0.15) is 0 Å². The van der Waals surface area contributed by atoms with Crippen LogP contribution in [-0.4, -0.2) is 24.9 Å². The van der Waals surface area contributed by atoms with Gasteiger partial charge >= 0.3 is 0 Å². The molecule has 0 saturated heterocycles. The van der Waals surface area contributed by atoms with E-state index in [1.165, 1.54) is 0 Å². The average molecular weight is 344 g/mol. The Morgan fingerprint density at radius 2 is 1.80 bits per heavy atom. The van der Waals surface area contributed by atoms with Gasteiger partial charge in [-0.2, -0.15) is 0 Å². The fraction of sp³-hybridized carbons (Fsp3) is 0.619. The molecule has 25 heavy (non-hydrogen) atoms. The lowest BCUT2D eigenvalue weighted by Gasteiger charge is -2.31. The highest BCUT2D eigenvalue weighted by Crippen LogP contribution is 2.31. The molecule has 1 aromatic carbocycles. The summed E-state index contributed by atoms with van der Waals surface area (Å²) in [5.74, 6) is 0.499. The van der Waals surface area contributed by atoms with Gasteiger partial charge in [-0.25, -0.2) is 0 Å². The Kier molecular flexibility index (Phi) is 7.48. The summed E-state index contributed by atoms with van der Waals surface area (Å²) in [5.41, 5.74) is 2.14. The van der Waals surface area contributed by atoms with Gasteiger partial charge in [-0.3, -0.25) is 9.59 Å². The zero-order valence-corrected chi connectivity index (χ0v) is 15.9. The second-order valence-electron chi connectivity index (χ2n) is 7.11. The van der Waals surface area contributed by atoms with Crippen molar-refractivity contribution in [3.63, 3.8) is 0 Å². The molecule has 0 heterocycles. The third kappa shape index (κ3) is 5.32. The van der Waals surface area contributed by atoms with Crippen LogP contribution in [0.15, 0.2) is 24.3 Å². The number of anilines is 1. The van der Waals surface area contributed by atoms with Gasteiger partial charge in [0.15, 0.2) is 0 Å². The van der Waals surface area contributed by atoms with Gasteiger partial charge in [0.2, 0.25) is 11.8 Å². The molecule has 2 rings (SSSR count). The maximum Gasteiger partial charge on any atom is 0.230 e. The first-order valence-corrected chi connectivity index (χ1v) is 9.72. The number of aryl methyl sites for hydroxylation is 1. The topological polar surface area (TPSA) is 49.4 Å². The molecule has 0 bridgehead atoms. The van der Waals surface area contributed by atoms with Gasteiger partial charge in [0, 0.05) is 30.6 Å². The van der Waals surface area contributed by atoms with E-state index in [0.717, 1.165) is 56.3 Å². The minimum Gasteiger partial charge on any atom is -0.356 e. The lowest BCUT2D eigenvalue weighted by Crippen LogP contribution is -2.40. The number of hydrogen-bond acceptors (Lipinski definition) is 2. The molecule has 1 saturated carbocycles. The monoisotopic (exact) mass is 344 g/mol. The molecule has 4 heteroatoms. The van der Waals surface area contributed by atoms with Gasteiger partial charge in [0.05, 0.1) is 0 Å². The molecule has 1 aliphatic carbocycles. The molecule has 0 aromatic heterocycles. The van der Waals surface area contributed by atoms with Crippen LogP contribution < -0.4 is 10.2 Å². The van der Waals surface area contributed by atoms with Gasteiger partial charge < -0.3 is 10.2 Å². The molecular formula is C21H32N2O2. The van der Waals surface area contributed by atoms with Gasteiger partial charge in [-0.1, -0.05) is 25.5 Å². The lowest BCUT2D eigenvalue weighted by molar-refractivity contribution is -0.129. The van der Waals surface area contributed by atoms with Crippen molar-refractivity contribution in [3.8, 4) is 0 Å². The zero-order valence-electron chi connectivity index (χ0n) is 15.9. The fourth-order valence-corrected chi connectivity index (χ4v) is 3.62. The number of hydrogen-bond donors (Lipinski definition) is 1. The molecule has 0 aliphatic heterocycles. The molecule has 0 radical (unpaired) electrons. The first kappa shape index (κ1) is 19.5. The number of nitrogens with one attached hydrogen (secondary N) is 1. The highest BCUT2D eigenvalue weighted by Gasteiger charge is 2.32. The minimum atomic E-state index is 0.0418. The summed E-state index contributed by atoms with van der Waals surface area (Å²) in [5, 5.41) is 3.03. The molecular weight excluding hydrogens is 312 g/mol. The Balaban J connectivity index is 1.90. The predicted octanol–water partition coefficient (Wildman–Crippen LogP) is 4.07. The summed E-state index contributed by atoms with van der Waals surface area (Å²) in [7, 11) is 0. The van der Waals surface area contributed by atoms with Crippen LogP contribution in [-0.2, 0) is 9.59 Å². The molecule has 0 unspecified atom stereocenters. The van der Waals surface area contributed by atoms with Gasteiger partial charge in [-0.05, 0) is 63.6 Å². The number of benzene rings is 1. The van der Waals surface area contributed by atoms with Gasteiger partial charge in [-0.15, -0.1) is 0 Å². The fourth-order valence-electron chi connectivity index (χ4n) is 3.62. The summed E-state index contributed by atoms with van der Waals surface area (Å²) >= 11 is 0. The standard InChI is InChI=1S/C21H32N2O2/c1-4-6-14-22-20(24)17-10-12-18(13-11-17)21(25)23(5-2)19-9-7-8-16(3)15-19/h7-9,15,17-18H,4-6,10-14H2,1-3H3,(H,22,24). The smallest absolute Gasteiger partial charge is 0.230 e. The second-order valence-corrected chi connectivity index (χ2v) is 7.11. The summed E-state index contributed by atoms with van der Waals surface area (Å²) < 4.78 is 0. The second kappa shape index (κ2) is 9.59. The van der Waals surface area contributed by atoms with Crippen molar-refractivity contribution in [3.05, 3.63) is 29.8 Å². The molecule has 1 fully saturated rings. The Labute approximate surface area is 152 Å². The van der Waals surface area contributed by atoms with E-state index >= 15 is 0 Å². The Morgan fingerprint density at radius 1 is 1.12 bits per heavy atom. The van der Waals surface area contributed by atoms with Crippen LogP contribution in [0.5, 0.6) is 0 Å². The third-order valence-corrected chi connectivity index (χ3v) is 5.17. The Hall–Kier alpha value is -1.84. The molecule has 138 valence electrons. The number of nitrogens with zero attached hydrogens (tertiary/aromatic N) is 1. The summed E-state index contributed by atoms with van der Waals surface area (Å²) in [6.07, 6.45) is 5.38. The highest BCUT2D eigenvalue weighted by molar-refractivity contribution is 5.95. The van der Waals surface area contributed by atoms with E-state index in [-0.39, 0.29) is 23.7 Å². The predicted molar refractivity (Wildman–Crippen MR) is 103 cm³/mol. The van der Waals surface area contributed by atoms with E-state index in [0.29, 0.717) is 6.54 Å². The van der Waals surface area contributed by atoms with Crippen LogP contribution in [0.25, 0.3) is 0 Å². The molecule has 1 N–H and O–H groups in total. The molecule has 1 aliphatic rings. The zero-order chi connectivity index (χ0) is 18.2. The highest BCUT2D eigenvalue weighted by atomic mass is 16.2. The van der Waals surface area contributed by atoms with Crippen molar-refractivity contribution in [2.24, 2.45) is 11.8 Å². The number of carbonyl (C=O) groups is 2. The number of amides is 2. The van der Waals surface area contributed by atoms with Crippen molar-refractivity contribution in [1.82, 2.24) is 5.32 Å². The molecule has 4 nitrogen and oxygen atoms in total. The quantitative estimate of drug-likeness (QED) is 0.758. The number of rotatable bonds is 7. The normalized spacial score (nSPS) is 20.1. The van der Waals surface area contributed by atoms with Gasteiger partial charge in [0.25, 0.3) is 0 Å². The number of unbranched alkanes of at least 4 members (excludes halogenated alkanes) is 1. The Bertz CT molecular complexity index is 577. The first-order valence-electron chi connectivity index (χ1n) is 9.72. The minimum absolute atomic E-state index is 0.0418. The molecule has 0 atom stereocenters. The first-order chi connectivity index (χ1) is 12.1. The third-order valence-electron chi connectivity index (χ3n) is 5.17. The van der Waals surface area contributed by atoms with Crippen molar-refractivity contribution < 1.29 is 9.59 Å². The summed E-state index contributed by atoms with van der Waals surface area (Å²) in [4.78, 5) is 27.0. The maximum absolute atomic E-state index is 13.0. The van der Waals surface area contributed by atoms with Crippen LogP contribution in [0.1, 0.15) is 57.9 Å². The van der Waals surface area contributed by atoms with Crippen LogP contribution in [0.3, 0.4) is 0 Å². The SMILES string of the molecule is CCCCNC(=O)C1CCC(C(=O)N(CC)c2cccc(C)c2)CC1. The molecule has 1 aromatic rings. The van der Waals surface area contributed by atoms with E-state index in [4.69, 9.17) is 0 Å². The Morgan fingerprint density at radius 3 is 2.40 bits per heavy atom.